The summed E-state index contributed by atoms with van der Waals surface area (Å²) >= 11 is 0. The Kier molecular flexibility index (Phi) is 5.35. The second-order valence-electron chi connectivity index (χ2n) is 3.59. The largest absolute Gasteiger partial charge is 0.522 e. The van der Waals surface area contributed by atoms with Crippen molar-refractivity contribution in [1.82, 2.24) is 10.2 Å². The Balaban J connectivity index is 1.84. The van der Waals surface area contributed by atoms with Crippen LogP contribution in [0.5, 0.6) is 0 Å². The Bertz CT molecular complexity index is 169. The molecule has 0 radical (unpaired) electrons. The fraction of sp³-hybridized carbons (Fsp3) is 1.00. The van der Waals surface area contributed by atoms with E-state index < -0.39 is 6.36 Å². The van der Waals surface area contributed by atoms with E-state index >= 15 is 0 Å². The molecular formula is C9H17F3N2O. The third-order valence-corrected chi connectivity index (χ3v) is 2.35. The first kappa shape index (κ1) is 12.7. The first-order valence-electron chi connectivity index (χ1n) is 5.22. The van der Waals surface area contributed by atoms with Crippen molar-refractivity contribution < 1.29 is 17.9 Å². The van der Waals surface area contributed by atoms with Crippen molar-refractivity contribution in [3.63, 3.8) is 0 Å². The summed E-state index contributed by atoms with van der Waals surface area (Å²) in [5.74, 6) is 0. The van der Waals surface area contributed by atoms with E-state index in [0.29, 0.717) is 0 Å². The molecule has 0 aromatic heterocycles. The topological polar surface area (TPSA) is 24.5 Å². The van der Waals surface area contributed by atoms with E-state index in [1.165, 1.54) is 12.8 Å². The first-order valence-corrected chi connectivity index (χ1v) is 5.22. The quantitative estimate of drug-likeness (QED) is 0.689. The normalized spacial score (nSPS) is 18.6. The minimum atomic E-state index is -4.50. The summed E-state index contributed by atoms with van der Waals surface area (Å²) < 4.78 is 38.3. The van der Waals surface area contributed by atoms with Gasteiger partial charge in [-0.3, -0.25) is 4.74 Å². The van der Waals surface area contributed by atoms with Crippen LogP contribution in [0.4, 0.5) is 13.2 Å². The maximum absolute atomic E-state index is 11.6. The summed E-state index contributed by atoms with van der Waals surface area (Å²) in [4.78, 5) is 2.30. The van der Waals surface area contributed by atoms with Crippen LogP contribution in [0.25, 0.3) is 0 Å². The number of alkyl halides is 3. The van der Waals surface area contributed by atoms with Crippen LogP contribution >= 0.6 is 0 Å². The number of rotatable bonds is 6. The highest BCUT2D eigenvalue weighted by Crippen LogP contribution is 2.15. The highest BCUT2D eigenvalue weighted by atomic mass is 19.4. The molecule has 15 heavy (non-hydrogen) atoms. The summed E-state index contributed by atoms with van der Waals surface area (Å²) in [6.07, 6.45) is -2.04. The van der Waals surface area contributed by atoms with E-state index in [-0.39, 0.29) is 13.2 Å². The number of nitrogens with one attached hydrogen (secondary N) is 1. The smallest absolute Gasteiger partial charge is 0.313 e. The molecule has 0 spiro atoms. The molecule has 0 bridgehead atoms. The number of likely N-dealkylation sites (tertiary alicyclic amines) is 1. The van der Waals surface area contributed by atoms with E-state index in [9.17, 15) is 13.2 Å². The van der Waals surface area contributed by atoms with Crippen LogP contribution in [-0.4, -0.2) is 50.6 Å². The predicted molar refractivity (Wildman–Crippen MR) is 50.6 cm³/mol. The van der Waals surface area contributed by atoms with Gasteiger partial charge < -0.3 is 10.2 Å². The number of hydrogen-bond donors (Lipinski definition) is 1. The van der Waals surface area contributed by atoms with Crippen LogP contribution in [-0.2, 0) is 4.74 Å². The van der Waals surface area contributed by atoms with Gasteiger partial charge in [-0.25, -0.2) is 0 Å². The standard InChI is InChI=1S/C9H17F3N2O/c10-9(11,12)15-8-4-13-3-7-14-5-1-2-6-14/h13H,1-8H2. The average Bonchev–Trinajstić information content (AvgIpc) is 2.61. The third kappa shape index (κ3) is 6.70. The van der Waals surface area contributed by atoms with Gasteiger partial charge in [0.25, 0.3) is 0 Å². The van der Waals surface area contributed by atoms with E-state index in [4.69, 9.17) is 0 Å². The molecular weight excluding hydrogens is 209 g/mol. The molecule has 6 heteroatoms. The first-order chi connectivity index (χ1) is 7.08. The molecule has 0 aromatic carbocycles. The highest BCUT2D eigenvalue weighted by Gasteiger charge is 2.28. The van der Waals surface area contributed by atoms with Crippen molar-refractivity contribution in [2.24, 2.45) is 0 Å². The van der Waals surface area contributed by atoms with Gasteiger partial charge in [-0.15, -0.1) is 13.2 Å². The Morgan fingerprint density at radius 1 is 1.13 bits per heavy atom. The lowest BCUT2D eigenvalue weighted by molar-refractivity contribution is -0.323. The van der Waals surface area contributed by atoms with E-state index in [1.54, 1.807) is 0 Å². The molecule has 0 aliphatic carbocycles. The zero-order chi connectivity index (χ0) is 11.1. The van der Waals surface area contributed by atoms with Crippen LogP contribution in [0.2, 0.25) is 0 Å². The van der Waals surface area contributed by atoms with Gasteiger partial charge in [-0.05, 0) is 25.9 Å². The van der Waals surface area contributed by atoms with Gasteiger partial charge in [-0.1, -0.05) is 0 Å². The van der Waals surface area contributed by atoms with Gasteiger partial charge >= 0.3 is 6.36 Å². The molecule has 0 amide bonds. The summed E-state index contributed by atoms with van der Waals surface area (Å²) in [5, 5.41) is 2.92. The molecule has 90 valence electrons. The van der Waals surface area contributed by atoms with Gasteiger partial charge in [0.05, 0.1) is 6.61 Å². The number of halogens is 3. The van der Waals surface area contributed by atoms with Crippen molar-refractivity contribution in [2.75, 3.05) is 39.3 Å². The maximum atomic E-state index is 11.6. The second-order valence-corrected chi connectivity index (χ2v) is 3.59. The molecule has 1 saturated heterocycles. The summed E-state index contributed by atoms with van der Waals surface area (Å²) in [5.41, 5.74) is 0. The van der Waals surface area contributed by atoms with E-state index in [1.807, 2.05) is 0 Å². The molecule has 1 fully saturated rings. The molecule has 0 atom stereocenters. The molecule has 3 nitrogen and oxygen atoms in total. The summed E-state index contributed by atoms with van der Waals surface area (Å²) in [6.45, 7) is 3.78. The minimum Gasteiger partial charge on any atom is -0.313 e. The SMILES string of the molecule is FC(F)(F)OCCNCCN1CCCC1. The van der Waals surface area contributed by atoms with Crippen LogP contribution in [0, 0.1) is 0 Å². The van der Waals surface area contributed by atoms with Crippen LogP contribution in [0.1, 0.15) is 12.8 Å². The molecule has 0 aromatic rings. The predicted octanol–water partition coefficient (Wildman–Crippen LogP) is 1.21. The van der Waals surface area contributed by atoms with Crippen molar-refractivity contribution in [1.29, 1.82) is 0 Å². The van der Waals surface area contributed by atoms with Crippen molar-refractivity contribution in [3.8, 4) is 0 Å². The van der Waals surface area contributed by atoms with Gasteiger partial charge in [-0.2, -0.15) is 0 Å². The zero-order valence-electron chi connectivity index (χ0n) is 8.65. The third-order valence-electron chi connectivity index (χ3n) is 2.35. The molecule has 1 rings (SSSR count). The Morgan fingerprint density at radius 3 is 2.40 bits per heavy atom. The Hall–Kier alpha value is -0.330. The molecule has 1 aliphatic heterocycles. The number of nitrogens with zero attached hydrogens (tertiary/aromatic N) is 1. The zero-order valence-corrected chi connectivity index (χ0v) is 8.65. The Morgan fingerprint density at radius 2 is 1.80 bits per heavy atom. The fourth-order valence-corrected chi connectivity index (χ4v) is 1.61. The molecule has 0 unspecified atom stereocenters. The molecule has 0 saturated carbocycles. The van der Waals surface area contributed by atoms with Gasteiger partial charge in [0.2, 0.25) is 0 Å². The van der Waals surface area contributed by atoms with Gasteiger partial charge in [0.15, 0.2) is 0 Å². The minimum absolute atomic E-state index is 0.243. The van der Waals surface area contributed by atoms with Crippen LogP contribution in [0.15, 0.2) is 0 Å². The molecule has 1 heterocycles. The summed E-state index contributed by atoms with van der Waals surface area (Å²) in [7, 11) is 0. The maximum Gasteiger partial charge on any atom is 0.522 e. The van der Waals surface area contributed by atoms with Crippen molar-refractivity contribution in [3.05, 3.63) is 0 Å². The van der Waals surface area contributed by atoms with Crippen molar-refractivity contribution >= 4 is 0 Å². The summed E-state index contributed by atoms with van der Waals surface area (Å²) in [6, 6.07) is 0. The number of ether oxygens (including phenoxy) is 1. The van der Waals surface area contributed by atoms with Crippen molar-refractivity contribution in [2.45, 2.75) is 19.2 Å². The van der Waals surface area contributed by atoms with Gasteiger partial charge in [0, 0.05) is 19.6 Å². The number of hydrogen-bond acceptors (Lipinski definition) is 3. The van der Waals surface area contributed by atoms with Crippen LogP contribution in [0.3, 0.4) is 0 Å². The molecule has 1 aliphatic rings. The fourth-order valence-electron chi connectivity index (χ4n) is 1.61. The average molecular weight is 226 g/mol. The van der Waals surface area contributed by atoms with Crippen LogP contribution < -0.4 is 5.32 Å². The molecule has 1 N–H and O–H groups in total. The van der Waals surface area contributed by atoms with E-state index in [2.05, 4.69) is 15.0 Å². The van der Waals surface area contributed by atoms with Gasteiger partial charge in [0.1, 0.15) is 0 Å². The van der Waals surface area contributed by atoms with E-state index in [0.717, 1.165) is 26.2 Å². The monoisotopic (exact) mass is 226 g/mol. The lowest BCUT2D eigenvalue weighted by Crippen LogP contribution is -2.32. The second kappa shape index (κ2) is 6.30. The lowest BCUT2D eigenvalue weighted by Gasteiger charge is -2.14. The lowest BCUT2D eigenvalue weighted by atomic mass is 10.4. The highest BCUT2D eigenvalue weighted by molar-refractivity contribution is 4.66. The Labute approximate surface area is 87.6 Å².